The van der Waals surface area contributed by atoms with Crippen molar-refractivity contribution in [2.24, 2.45) is 0 Å². The van der Waals surface area contributed by atoms with Gasteiger partial charge in [0.2, 0.25) is 0 Å². The summed E-state index contributed by atoms with van der Waals surface area (Å²) in [4.78, 5) is 20.2. The lowest BCUT2D eigenvalue weighted by Gasteiger charge is -2.08. The number of amides is 1. The molecule has 1 amide bonds. The molecule has 0 aromatic heterocycles. The van der Waals surface area contributed by atoms with Crippen molar-refractivity contribution in [3.63, 3.8) is 0 Å². The Morgan fingerprint density at radius 3 is 2.58 bits per heavy atom. The second-order valence-electron chi connectivity index (χ2n) is 3.04. The van der Waals surface area contributed by atoms with Gasteiger partial charge in [-0.25, -0.2) is 0 Å². The van der Waals surface area contributed by atoms with Crippen LogP contribution in [-0.2, 0) is 4.79 Å². The summed E-state index contributed by atoms with van der Waals surface area (Å²) in [5.74, 6) is -0.466. The molecule has 0 saturated heterocycles. The van der Waals surface area contributed by atoms with E-state index in [0.717, 1.165) is 25.7 Å². The van der Waals surface area contributed by atoms with E-state index in [1.54, 1.807) is 0 Å². The molecule has 0 radical (unpaired) electrons. The molecule has 0 unspecified atom stereocenters. The molecule has 1 rings (SSSR count). The number of carbonyl (C=O) groups is 1. The van der Waals surface area contributed by atoms with Gasteiger partial charge in [0.05, 0.1) is 0 Å². The molecule has 1 N–H and O–H groups in total. The zero-order valence-corrected chi connectivity index (χ0v) is 6.78. The predicted molar refractivity (Wildman–Crippen MR) is 42.3 cm³/mol. The van der Waals surface area contributed by atoms with Gasteiger partial charge in [0.15, 0.2) is 0 Å². The smallest absolute Gasteiger partial charge is 0.291 e. The third kappa shape index (κ3) is 2.86. The van der Waals surface area contributed by atoms with Crippen LogP contribution in [0.5, 0.6) is 0 Å². The van der Waals surface area contributed by atoms with Gasteiger partial charge in [-0.2, -0.15) is 0 Å². The predicted octanol–water partition coefficient (Wildman–Crippen LogP) is 0.322. The molecule has 0 bridgehead atoms. The first kappa shape index (κ1) is 8.96. The molecule has 1 aliphatic rings. The summed E-state index contributed by atoms with van der Waals surface area (Å²) < 4.78 is 0. The van der Waals surface area contributed by atoms with Crippen molar-refractivity contribution in [3.8, 4) is 0 Å². The molecule has 0 atom stereocenters. The van der Waals surface area contributed by atoms with Gasteiger partial charge in [-0.05, 0) is 12.8 Å². The zero-order chi connectivity index (χ0) is 8.97. The Bertz CT molecular complexity index is 187. The van der Waals surface area contributed by atoms with Crippen LogP contribution in [0.15, 0.2) is 0 Å². The van der Waals surface area contributed by atoms with Gasteiger partial charge in [-0.1, -0.05) is 12.8 Å². The monoisotopic (exact) mass is 172 g/mol. The average molecular weight is 172 g/mol. The normalized spacial score (nSPS) is 17.7. The summed E-state index contributed by atoms with van der Waals surface area (Å²) in [6.07, 6.45) is 4.15. The van der Waals surface area contributed by atoms with Crippen molar-refractivity contribution in [1.82, 2.24) is 5.32 Å². The van der Waals surface area contributed by atoms with Crippen molar-refractivity contribution < 1.29 is 9.72 Å². The van der Waals surface area contributed by atoms with E-state index in [1.807, 2.05) is 0 Å². The van der Waals surface area contributed by atoms with Crippen molar-refractivity contribution in [2.75, 3.05) is 6.54 Å². The maximum atomic E-state index is 10.9. The van der Waals surface area contributed by atoms with E-state index in [2.05, 4.69) is 5.32 Å². The topological polar surface area (TPSA) is 72.2 Å². The molecule has 68 valence electrons. The van der Waals surface area contributed by atoms with Gasteiger partial charge in [-0.15, -0.1) is 0 Å². The highest BCUT2D eigenvalue weighted by atomic mass is 16.6. The Kier molecular flexibility index (Phi) is 3.01. The first-order chi connectivity index (χ1) is 5.68. The van der Waals surface area contributed by atoms with Crippen LogP contribution in [0.3, 0.4) is 0 Å². The van der Waals surface area contributed by atoms with Crippen LogP contribution in [0, 0.1) is 10.1 Å². The standard InChI is InChI=1S/C7H12N2O3/c10-7(5-9(11)12)8-6-3-1-2-4-6/h6H,1-5H2,(H,8,10). The fourth-order valence-electron chi connectivity index (χ4n) is 1.46. The van der Waals surface area contributed by atoms with Crippen molar-refractivity contribution in [3.05, 3.63) is 10.1 Å². The molecule has 12 heavy (non-hydrogen) atoms. The number of nitro groups is 1. The Morgan fingerprint density at radius 1 is 1.50 bits per heavy atom. The molecule has 0 aliphatic heterocycles. The number of hydrogen-bond donors (Lipinski definition) is 1. The number of hydrogen-bond acceptors (Lipinski definition) is 3. The number of carbonyl (C=O) groups excluding carboxylic acids is 1. The third-order valence-corrected chi connectivity index (χ3v) is 1.99. The minimum Gasteiger partial charge on any atom is -0.348 e. The van der Waals surface area contributed by atoms with Crippen molar-refractivity contribution in [2.45, 2.75) is 31.7 Å². The maximum absolute atomic E-state index is 10.9. The van der Waals surface area contributed by atoms with Crippen LogP contribution < -0.4 is 5.32 Å². The first-order valence-electron chi connectivity index (χ1n) is 4.09. The second-order valence-corrected chi connectivity index (χ2v) is 3.04. The van der Waals surface area contributed by atoms with E-state index in [9.17, 15) is 14.9 Å². The number of nitrogens with one attached hydrogen (secondary N) is 1. The lowest BCUT2D eigenvalue weighted by Crippen LogP contribution is -2.36. The Hall–Kier alpha value is -1.13. The SMILES string of the molecule is O=C(C[N+](=O)[O-])NC1CCCC1. The summed E-state index contributed by atoms with van der Waals surface area (Å²) in [6, 6.07) is 0.178. The lowest BCUT2D eigenvalue weighted by molar-refractivity contribution is -0.467. The molecule has 1 saturated carbocycles. The average Bonchev–Trinajstić information content (AvgIpc) is 2.37. The molecule has 5 heteroatoms. The molecule has 1 aliphatic carbocycles. The van der Waals surface area contributed by atoms with Gasteiger partial charge in [-0.3, -0.25) is 14.9 Å². The van der Waals surface area contributed by atoms with Crippen LogP contribution in [0.4, 0.5) is 0 Å². The highest BCUT2D eigenvalue weighted by Gasteiger charge is 2.19. The van der Waals surface area contributed by atoms with Crippen molar-refractivity contribution >= 4 is 5.91 Å². The maximum Gasteiger partial charge on any atom is 0.291 e. The van der Waals surface area contributed by atoms with Crippen LogP contribution in [0.25, 0.3) is 0 Å². The fraction of sp³-hybridized carbons (Fsp3) is 0.857. The van der Waals surface area contributed by atoms with E-state index in [-0.39, 0.29) is 6.04 Å². The van der Waals surface area contributed by atoms with Gasteiger partial charge in [0.25, 0.3) is 12.5 Å². The van der Waals surface area contributed by atoms with Crippen molar-refractivity contribution in [1.29, 1.82) is 0 Å². The highest BCUT2D eigenvalue weighted by Crippen LogP contribution is 2.17. The quantitative estimate of drug-likeness (QED) is 0.492. The van der Waals surface area contributed by atoms with Crippen LogP contribution in [0.1, 0.15) is 25.7 Å². The first-order valence-corrected chi connectivity index (χ1v) is 4.09. The molecule has 0 spiro atoms. The Labute approximate surface area is 70.3 Å². The molecular weight excluding hydrogens is 160 g/mol. The molecule has 1 fully saturated rings. The van der Waals surface area contributed by atoms with Crippen LogP contribution >= 0.6 is 0 Å². The minimum absolute atomic E-state index is 0.178. The third-order valence-electron chi connectivity index (χ3n) is 1.99. The minimum atomic E-state index is -0.607. The van der Waals surface area contributed by atoms with Gasteiger partial charge in [0, 0.05) is 11.0 Å². The number of rotatable bonds is 3. The zero-order valence-electron chi connectivity index (χ0n) is 6.78. The van der Waals surface area contributed by atoms with E-state index in [1.165, 1.54) is 0 Å². The van der Waals surface area contributed by atoms with Gasteiger partial charge in [0.1, 0.15) is 0 Å². The summed E-state index contributed by atoms with van der Waals surface area (Å²) in [5, 5.41) is 12.6. The van der Waals surface area contributed by atoms with Gasteiger partial charge >= 0.3 is 0 Å². The highest BCUT2D eigenvalue weighted by molar-refractivity contribution is 5.77. The molecular formula is C7H12N2O3. The largest absolute Gasteiger partial charge is 0.348 e. The van der Waals surface area contributed by atoms with E-state index < -0.39 is 17.4 Å². The summed E-state index contributed by atoms with van der Waals surface area (Å²) >= 11 is 0. The molecule has 0 aromatic carbocycles. The Balaban J connectivity index is 2.20. The molecule has 0 aromatic rings. The fourth-order valence-corrected chi connectivity index (χ4v) is 1.46. The molecule has 5 nitrogen and oxygen atoms in total. The Morgan fingerprint density at radius 2 is 2.08 bits per heavy atom. The number of nitrogens with zero attached hydrogens (tertiary/aromatic N) is 1. The summed E-state index contributed by atoms with van der Waals surface area (Å²) in [6.45, 7) is -0.601. The van der Waals surface area contributed by atoms with Crippen LogP contribution in [0.2, 0.25) is 0 Å². The summed E-state index contributed by atoms with van der Waals surface area (Å²) in [5.41, 5.74) is 0. The molecule has 0 heterocycles. The van der Waals surface area contributed by atoms with E-state index >= 15 is 0 Å². The second kappa shape index (κ2) is 4.04. The van der Waals surface area contributed by atoms with Gasteiger partial charge < -0.3 is 5.32 Å². The van der Waals surface area contributed by atoms with E-state index in [0.29, 0.717) is 0 Å². The van der Waals surface area contributed by atoms with E-state index in [4.69, 9.17) is 0 Å². The lowest BCUT2D eigenvalue weighted by atomic mass is 10.2. The summed E-state index contributed by atoms with van der Waals surface area (Å²) in [7, 11) is 0. The van der Waals surface area contributed by atoms with Crippen LogP contribution in [-0.4, -0.2) is 23.4 Å².